The van der Waals surface area contributed by atoms with Gasteiger partial charge in [0, 0.05) is 4.47 Å². The summed E-state index contributed by atoms with van der Waals surface area (Å²) in [5.74, 6) is -0.395. The molecule has 1 rings (SSSR count). The van der Waals surface area contributed by atoms with Gasteiger partial charge < -0.3 is 5.32 Å². The van der Waals surface area contributed by atoms with Crippen LogP contribution in [0.25, 0.3) is 0 Å². The van der Waals surface area contributed by atoms with Crippen molar-refractivity contribution in [2.24, 2.45) is 0 Å². The number of anilines is 1. The molecule has 1 aromatic rings. The Morgan fingerprint density at radius 3 is 2.62 bits per heavy atom. The second-order valence-electron chi connectivity index (χ2n) is 2.34. The second kappa shape index (κ2) is 4.44. The Hall–Kier alpha value is -0.800. The summed E-state index contributed by atoms with van der Waals surface area (Å²) in [6, 6.07) is 7.26. The second-order valence-corrected chi connectivity index (χ2v) is 3.65. The summed E-state index contributed by atoms with van der Waals surface area (Å²) in [6.07, 6.45) is 0. The van der Waals surface area contributed by atoms with E-state index in [1.165, 1.54) is 0 Å². The predicted octanol–water partition coefficient (Wildman–Crippen LogP) is 3.14. The van der Waals surface area contributed by atoms with E-state index in [2.05, 4.69) is 27.8 Å². The van der Waals surface area contributed by atoms with Crippen molar-refractivity contribution in [2.75, 3.05) is 5.32 Å². The molecular formula is C9H7BrClNO. The minimum Gasteiger partial charge on any atom is -0.320 e. The van der Waals surface area contributed by atoms with Gasteiger partial charge in [-0.1, -0.05) is 30.3 Å². The summed E-state index contributed by atoms with van der Waals surface area (Å²) < 4.78 is 0.807. The van der Waals surface area contributed by atoms with E-state index >= 15 is 0 Å². The summed E-state index contributed by atoms with van der Waals surface area (Å²) >= 11 is 8.70. The molecule has 1 N–H and O–H groups in total. The van der Waals surface area contributed by atoms with E-state index in [1.54, 1.807) is 6.07 Å². The lowest BCUT2D eigenvalue weighted by Crippen LogP contribution is -2.10. The first-order chi connectivity index (χ1) is 6.11. The molecule has 0 bridgehead atoms. The van der Waals surface area contributed by atoms with Crippen LogP contribution in [0.4, 0.5) is 5.69 Å². The Morgan fingerprint density at radius 1 is 1.46 bits per heavy atom. The minimum absolute atomic E-state index is 0.0317. The van der Waals surface area contributed by atoms with Gasteiger partial charge in [-0.3, -0.25) is 4.79 Å². The van der Waals surface area contributed by atoms with Crippen molar-refractivity contribution in [3.63, 3.8) is 0 Å². The lowest BCUT2D eigenvalue weighted by molar-refractivity contribution is -0.112. The monoisotopic (exact) mass is 259 g/mol. The number of para-hydroxylation sites is 1. The van der Waals surface area contributed by atoms with Crippen LogP contribution in [0.5, 0.6) is 0 Å². The highest BCUT2D eigenvalue weighted by Crippen LogP contribution is 2.21. The van der Waals surface area contributed by atoms with E-state index in [4.69, 9.17) is 11.6 Å². The average molecular weight is 261 g/mol. The van der Waals surface area contributed by atoms with Crippen LogP contribution in [-0.4, -0.2) is 5.91 Å². The molecule has 1 aromatic carbocycles. The van der Waals surface area contributed by atoms with E-state index in [-0.39, 0.29) is 5.03 Å². The molecule has 0 spiro atoms. The Labute approximate surface area is 89.7 Å². The number of hydrogen-bond donors (Lipinski definition) is 1. The van der Waals surface area contributed by atoms with E-state index in [1.807, 2.05) is 18.2 Å². The number of benzene rings is 1. The molecule has 0 fully saturated rings. The molecule has 0 unspecified atom stereocenters. The Balaban J connectivity index is 2.81. The molecule has 0 aromatic heterocycles. The summed E-state index contributed by atoms with van der Waals surface area (Å²) in [6.45, 7) is 3.32. The molecule has 0 radical (unpaired) electrons. The van der Waals surface area contributed by atoms with Crippen LogP contribution in [0.1, 0.15) is 0 Å². The molecule has 68 valence electrons. The summed E-state index contributed by atoms with van der Waals surface area (Å²) in [5, 5.41) is 2.56. The maximum absolute atomic E-state index is 11.1. The lowest BCUT2D eigenvalue weighted by atomic mass is 10.3. The Kier molecular flexibility index (Phi) is 3.51. The van der Waals surface area contributed by atoms with Gasteiger partial charge in [0.2, 0.25) is 0 Å². The maximum Gasteiger partial charge on any atom is 0.266 e. The van der Waals surface area contributed by atoms with Crippen molar-refractivity contribution < 1.29 is 4.79 Å². The highest BCUT2D eigenvalue weighted by atomic mass is 79.9. The molecule has 0 saturated carbocycles. The Morgan fingerprint density at radius 2 is 2.08 bits per heavy atom. The van der Waals surface area contributed by atoms with Crippen molar-refractivity contribution in [1.82, 2.24) is 0 Å². The van der Waals surface area contributed by atoms with Gasteiger partial charge in [0.25, 0.3) is 5.91 Å². The molecule has 0 heterocycles. The fourth-order valence-corrected chi connectivity index (χ4v) is 1.18. The van der Waals surface area contributed by atoms with Crippen LogP contribution in [0.15, 0.2) is 40.3 Å². The first-order valence-electron chi connectivity index (χ1n) is 3.51. The molecule has 0 saturated heterocycles. The van der Waals surface area contributed by atoms with Crippen LogP contribution in [0.3, 0.4) is 0 Å². The third kappa shape index (κ3) is 2.86. The van der Waals surface area contributed by atoms with Gasteiger partial charge in [-0.15, -0.1) is 0 Å². The zero-order chi connectivity index (χ0) is 9.84. The average Bonchev–Trinajstić information content (AvgIpc) is 2.08. The third-order valence-corrected chi connectivity index (χ3v) is 2.23. The molecule has 0 aliphatic carbocycles. The van der Waals surface area contributed by atoms with Crippen molar-refractivity contribution in [2.45, 2.75) is 0 Å². The number of halogens is 2. The summed E-state index contributed by atoms with van der Waals surface area (Å²) in [7, 11) is 0. The van der Waals surface area contributed by atoms with Gasteiger partial charge in [0.05, 0.1) is 10.7 Å². The fraction of sp³-hybridized carbons (Fsp3) is 0. The normalized spacial score (nSPS) is 9.38. The fourth-order valence-electron chi connectivity index (χ4n) is 0.753. The minimum atomic E-state index is -0.395. The Bertz CT molecular complexity index is 351. The van der Waals surface area contributed by atoms with Gasteiger partial charge in [0.1, 0.15) is 0 Å². The van der Waals surface area contributed by atoms with E-state index in [0.29, 0.717) is 5.69 Å². The standard InChI is InChI=1S/C9H7BrClNO/c1-6(11)9(13)12-8-5-3-2-4-7(8)10/h2-5H,1H2,(H,12,13). The van der Waals surface area contributed by atoms with Crippen molar-refractivity contribution >= 4 is 39.1 Å². The molecule has 13 heavy (non-hydrogen) atoms. The topological polar surface area (TPSA) is 29.1 Å². The molecule has 1 amide bonds. The van der Waals surface area contributed by atoms with E-state index in [0.717, 1.165) is 4.47 Å². The number of carbonyl (C=O) groups is 1. The van der Waals surface area contributed by atoms with Crippen LogP contribution in [0.2, 0.25) is 0 Å². The zero-order valence-electron chi connectivity index (χ0n) is 6.68. The molecular weight excluding hydrogens is 253 g/mol. The maximum atomic E-state index is 11.1. The van der Waals surface area contributed by atoms with Crippen LogP contribution >= 0.6 is 27.5 Å². The van der Waals surface area contributed by atoms with E-state index < -0.39 is 5.91 Å². The number of carbonyl (C=O) groups excluding carboxylic acids is 1. The smallest absolute Gasteiger partial charge is 0.266 e. The largest absolute Gasteiger partial charge is 0.320 e. The third-order valence-electron chi connectivity index (χ3n) is 1.37. The molecule has 2 nitrogen and oxygen atoms in total. The summed E-state index contributed by atoms with van der Waals surface area (Å²) in [4.78, 5) is 11.1. The van der Waals surface area contributed by atoms with Crippen LogP contribution in [-0.2, 0) is 4.79 Å². The van der Waals surface area contributed by atoms with Crippen LogP contribution < -0.4 is 5.32 Å². The molecule has 0 aliphatic heterocycles. The lowest BCUT2D eigenvalue weighted by Gasteiger charge is -2.04. The number of hydrogen-bond acceptors (Lipinski definition) is 1. The quantitative estimate of drug-likeness (QED) is 0.813. The number of rotatable bonds is 2. The summed E-state index contributed by atoms with van der Waals surface area (Å²) in [5.41, 5.74) is 0.675. The van der Waals surface area contributed by atoms with Crippen LogP contribution in [0, 0.1) is 0 Å². The number of nitrogens with one attached hydrogen (secondary N) is 1. The first kappa shape index (κ1) is 10.3. The highest BCUT2D eigenvalue weighted by molar-refractivity contribution is 9.10. The SMILES string of the molecule is C=C(Cl)C(=O)Nc1ccccc1Br. The highest BCUT2D eigenvalue weighted by Gasteiger charge is 2.05. The van der Waals surface area contributed by atoms with Crippen molar-refractivity contribution in [3.8, 4) is 0 Å². The predicted molar refractivity (Wildman–Crippen MR) is 57.8 cm³/mol. The number of amides is 1. The van der Waals surface area contributed by atoms with Gasteiger partial charge in [-0.25, -0.2) is 0 Å². The first-order valence-corrected chi connectivity index (χ1v) is 4.68. The molecule has 0 aliphatic rings. The van der Waals surface area contributed by atoms with Crippen molar-refractivity contribution in [1.29, 1.82) is 0 Å². The zero-order valence-corrected chi connectivity index (χ0v) is 9.02. The molecule has 0 atom stereocenters. The van der Waals surface area contributed by atoms with Gasteiger partial charge in [-0.05, 0) is 28.1 Å². The van der Waals surface area contributed by atoms with Gasteiger partial charge >= 0.3 is 0 Å². The van der Waals surface area contributed by atoms with Gasteiger partial charge in [0.15, 0.2) is 0 Å². The van der Waals surface area contributed by atoms with Crippen molar-refractivity contribution in [3.05, 3.63) is 40.3 Å². The van der Waals surface area contributed by atoms with Gasteiger partial charge in [-0.2, -0.15) is 0 Å². The van der Waals surface area contributed by atoms with E-state index in [9.17, 15) is 4.79 Å². The molecule has 4 heteroatoms.